The van der Waals surface area contributed by atoms with E-state index in [4.69, 9.17) is 0 Å². The third kappa shape index (κ3) is 4.17. The number of nitrogens with one attached hydrogen (secondary N) is 1. The van der Waals surface area contributed by atoms with Gasteiger partial charge >= 0.3 is 0 Å². The zero-order valence-electron chi connectivity index (χ0n) is 13.3. The van der Waals surface area contributed by atoms with Gasteiger partial charge in [0.25, 0.3) is 0 Å². The Hall–Kier alpha value is -2.27. The molecule has 24 heavy (non-hydrogen) atoms. The predicted octanol–water partition coefficient (Wildman–Crippen LogP) is 3.82. The van der Waals surface area contributed by atoms with Crippen molar-refractivity contribution in [2.75, 3.05) is 18.4 Å². The molecule has 3 rings (SSSR count). The Balaban J connectivity index is 1.59. The van der Waals surface area contributed by atoms with Gasteiger partial charge in [0.05, 0.1) is 11.6 Å². The number of para-hydroxylation sites is 1. The number of piperidine rings is 1. The summed E-state index contributed by atoms with van der Waals surface area (Å²) in [6.45, 7) is 2.21. The summed E-state index contributed by atoms with van der Waals surface area (Å²) in [7, 11) is 0. The number of hydrogen-bond acceptors (Lipinski definition) is 2. The highest BCUT2D eigenvalue weighted by atomic mass is 19.1. The van der Waals surface area contributed by atoms with Crippen molar-refractivity contribution in [3.63, 3.8) is 0 Å². The number of anilines is 1. The molecule has 1 aliphatic heterocycles. The van der Waals surface area contributed by atoms with Crippen LogP contribution in [0.1, 0.15) is 18.4 Å². The van der Waals surface area contributed by atoms with E-state index in [0.717, 1.165) is 24.9 Å². The lowest BCUT2D eigenvalue weighted by atomic mass is 9.96. The Labute approximate surface area is 140 Å². The van der Waals surface area contributed by atoms with Crippen LogP contribution in [0.15, 0.2) is 48.5 Å². The molecular formula is C19H20F2N2O. The topological polar surface area (TPSA) is 32.3 Å². The van der Waals surface area contributed by atoms with Gasteiger partial charge in [0.2, 0.25) is 5.91 Å². The second-order valence-corrected chi connectivity index (χ2v) is 6.17. The zero-order valence-corrected chi connectivity index (χ0v) is 13.3. The number of benzene rings is 2. The minimum absolute atomic E-state index is 0.149. The minimum atomic E-state index is -0.426. The van der Waals surface area contributed by atoms with Gasteiger partial charge in [-0.05, 0) is 49.2 Å². The maximum absolute atomic E-state index is 13.7. The first kappa shape index (κ1) is 16.6. The summed E-state index contributed by atoms with van der Waals surface area (Å²) < 4.78 is 26.6. The van der Waals surface area contributed by atoms with E-state index in [1.165, 1.54) is 18.2 Å². The third-order valence-electron chi connectivity index (χ3n) is 4.33. The van der Waals surface area contributed by atoms with E-state index in [1.54, 1.807) is 30.3 Å². The first-order valence-corrected chi connectivity index (χ1v) is 8.14. The van der Waals surface area contributed by atoms with E-state index in [9.17, 15) is 13.6 Å². The van der Waals surface area contributed by atoms with Gasteiger partial charge in [-0.1, -0.05) is 24.3 Å². The molecule has 3 nitrogen and oxygen atoms in total. The molecule has 1 N–H and O–H groups in total. The summed E-state index contributed by atoms with van der Waals surface area (Å²) in [5.74, 6) is -0.993. The Kier molecular flexibility index (Phi) is 5.20. The SMILES string of the molecule is O=C(Nc1ccccc1F)C1CCCN(Cc2ccc(F)cc2)C1. The summed E-state index contributed by atoms with van der Waals surface area (Å²) in [6, 6.07) is 12.6. The number of carbonyl (C=O) groups excluding carboxylic acids is 1. The van der Waals surface area contributed by atoms with Crippen LogP contribution in [0.4, 0.5) is 14.5 Å². The van der Waals surface area contributed by atoms with Crippen molar-refractivity contribution in [3.05, 3.63) is 65.7 Å². The molecule has 0 aliphatic carbocycles. The fraction of sp³-hybridized carbons (Fsp3) is 0.316. The molecule has 1 fully saturated rings. The van der Waals surface area contributed by atoms with E-state index in [1.807, 2.05) is 0 Å². The van der Waals surface area contributed by atoms with Crippen LogP contribution in [0.3, 0.4) is 0 Å². The average molecular weight is 330 g/mol. The van der Waals surface area contributed by atoms with Crippen molar-refractivity contribution in [1.82, 2.24) is 4.90 Å². The molecule has 0 bridgehead atoms. The van der Waals surface area contributed by atoms with Crippen LogP contribution in [0.5, 0.6) is 0 Å². The normalized spacial score (nSPS) is 18.3. The van der Waals surface area contributed by atoms with Crippen molar-refractivity contribution in [2.24, 2.45) is 5.92 Å². The Morgan fingerprint density at radius 2 is 1.88 bits per heavy atom. The average Bonchev–Trinajstić information content (AvgIpc) is 2.59. The maximum Gasteiger partial charge on any atom is 0.228 e. The molecule has 0 aromatic heterocycles. The highest BCUT2D eigenvalue weighted by molar-refractivity contribution is 5.92. The maximum atomic E-state index is 13.7. The summed E-state index contributed by atoms with van der Waals surface area (Å²) in [6.07, 6.45) is 1.71. The number of halogens is 2. The molecule has 2 aromatic carbocycles. The number of carbonyl (C=O) groups is 1. The fourth-order valence-corrected chi connectivity index (χ4v) is 3.06. The van der Waals surface area contributed by atoms with Gasteiger partial charge < -0.3 is 5.32 Å². The minimum Gasteiger partial charge on any atom is -0.323 e. The van der Waals surface area contributed by atoms with Crippen molar-refractivity contribution >= 4 is 11.6 Å². The van der Waals surface area contributed by atoms with Gasteiger partial charge in [-0.15, -0.1) is 0 Å². The van der Waals surface area contributed by atoms with E-state index in [-0.39, 0.29) is 23.3 Å². The monoisotopic (exact) mass is 330 g/mol. The summed E-state index contributed by atoms with van der Waals surface area (Å²) in [4.78, 5) is 14.6. The Morgan fingerprint density at radius 3 is 2.62 bits per heavy atom. The van der Waals surface area contributed by atoms with Gasteiger partial charge in [-0.25, -0.2) is 8.78 Å². The van der Waals surface area contributed by atoms with Crippen molar-refractivity contribution in [3.8, 4) is 0 Å². The molecule has 2 aromatic rings. The van der Waals surface area contributed by atoms with E-state index in [2.05, 4.69) is 10.2 Å². The predicted molar refractivity (Wildman–Crippen MR) is 89.4 cm³/mol. The molecular weight excluding hydrogens is 310 g/mol. The van der Waals surface area contributed by atoms with Crippen LogP contribution in [0.25, 0.3) is 0 Å². The third-order valence-corrected chi connectivity index (χ3v) is 4.33. The second-order valence-electron chi connectivity index (χ2n) is 6.17. The molecule has 0 saturated carbocycles. The molecule has 1 saturated heterocycles. The van der Waals surface area contributed by atoms with E-state index in [0.29, 0.717) is 13.1 Å². The summed E-state index contributed by atoms with van der Waals surface area (Å²) in [5, 5.41) is 2.68. The number of rotatable bonds is 4. The largest absolute Gasteiger partial charge is 0.323 e. The van der Waals surface area contributed by atoms with Crippen molar-refractivity contribution in [2.45, 2.75) is 19.4 Å². The number of amides is 1. The van der Waals surface area contributed by atoms with Crippen LogP contribution in [0, 0.1) is 17.6 Å². The van der Waals surface area contributed by atoms with Gasteiger partial charge in [0.1, 0.15) is 11.6 Å². The fourth-order valence-electron chi connectivity index (χ4n) is 3.06. The molecule has 1 unspecified atom stereocenters. The lowest BCUT2D eigenvalue weighted by Gasteiger charge is -2.32. The standard InChI is InChI=1S/C19H20F2N2O/c20-16-9-7-14(8-10-16)12-23-11-3-4-15(13-23)19(24)22-18-6-2-1-5-17(18)21/h1-2,5-10,15H,3-4,11-13H2,(H,22,24). The Morgan fingerprint density at radius 1 is 1.12 bits per heavy atom. The molecule has 126 valence electrons. The zero-order chi connectivity index (χ0) is 16.9. The molecule has 1 heterocycles. The van der Waals surface area contributed by atoms with Gasteiger partial charge in [-0.3, -0.25) is 9.69 Å². The van der Waals surface area contributed by atoms with Crippen LogP contribution in [-0.2, 0) is 11.3 Å². The molecule has 0 radical (unpaired) electrons. The Bertz CT molecular complexity index is 703. The molecule has 0 spiro atoms. The molecule has 1 atom stereocenters. The van der Waals surface area contributed by atoms with Crippen LogP contribution < -0.4 is 5.32 Å². The first-order chi connectivity index (χ1) is 11.6. The molecule has 1 amide bonds. The van der Waals surface area contributed by atoms with Gasteiger partial charge in [-0.2, -0.15) is 0 Å². The number of hydrogen-bond donors (Lipinski definition) is 1. The highest BCUT2D eigenvalue weighted by Crippen LogP contribution is 2.21. The quantitative estimate of drug-likeness (QED) is 0.924. The van der Waals surface area contributed by atoms with Crippen molar-refractivity contribution in [1.29, 1.82) is 0 Å². The number of likely N-dealkylation sites (tertiary alicyclic amines) is 1. The van der Waals surface area contributed by atoms with Crippen molar-refractivity contribution < 1.29 is 13.6 Å². The highest BCUT2D eigenvalue weighted by Gasteiger charge is 2.26. The summed E-state index contributed by atoms with van der Waals surface area (Å²) >= 11 is 0. The van der Waals surface area contributed by atoms with E-state index >= 15 is 0 Å². The molecule has 5 heteroatoms. The van der Waals surface area contributed by atoms with Gasteiger partial charge in [0.15, 0.2) is 0 Å². The van der Waals surface area contributed by atoms with Gasteiger partial charge in [0, 0.05) is 13.1 Å². The lowest BCUT2D eigenvalue weighted by Crippen LogP contribution is -2.40. The number of nitrogens with zero attached hydrogens (tertiary/aromatic N) is 1. The van der Waals surface area contributed by atoms with Crippen LogP contribution in [-0.4, -0.2) is 23.9 Å². The molecule has 1 aliphatic rings. The smallest absolute Gasteiger partial charge is 0.228 e. The van der Waals surface area contributed by atoms with E-state index < -0.39 is 5.82 Å². The second kappa shape index (κ2) is 7.53. The van der Waals surface area contributed by atoms with Crippen LogP contribution >= 0.6 is 0 Å². The lowest BCUT2D eigenvalue weighted by molar-refractivity contribution is -0.121. The van der Waals surface area contributed by atoms with Crippen LogP contribution in [0.2, 0.25) is 0 Å². The summed E-state index contributed by atoms with van der Waals surface area (Å²) in [5.41, 5.74) is 1.24. The first-order valence-electron chi connectivity index (χ1n) is 8.14.